The number of hydrogen-bond acceptors (Lipinski definition) is 8. The van der Waals surface area contributed by atoms with Crippen molar-refractivity contribution in [1.82, 2.24) is 40.1 Å². The van der Waals surface area contributed by atoms with Crippen LogP contribution in [0.5, 0.6) is 0 Å². The summed E-state index contributed by atoms with van der Waals surface area (Å²) in [6.45, 7) is 27.8. The quantitative estimate of drug-likeness (QED) is 0.171. The van der Waals surface area contributed by atoms with Crippen molar-refractivity contribution in [3.63, 3.8) is 0 Å². The summed E-state index contributed by atoms with van der Waals surface area (Å²) in [5, 5.41) is 22.8. The van der Waals surface area contributed by atoms with E-state index in [0.29, 0.717) is 13.1 Å². The molecule has 6 aromatic rings. The van der Waals surface area contributed by atoms with Gasteiger partial charge >= 0.3 is 0 Å². The van der Waals surface area contributed by atoms with Crippen molar-refractivity contribution in [1.29, 1.82) is 0 Å². The van der Waals surface area contributed by atoms with Crippen molar-refractivity contribution in [2.45, 2.75) is 132 Å². The van der Waals surface area contributed by atoms with Crippen LogP contribution in [-0.2, 0) is 22.8 Å². The largest absolute Gasteiger partial charge is 0.290 e. The zero-order chi connectivity index (χ0) is 42.9. The molecule has 10 rings (SSSR count). The molecule has 0 fully saturated rings. The molecule has 2 aromatic heterocycles. The highest BCUT2D eigenvalue weighted by atomic mass is 16.7. The highest BCUT2D eigenvalue weighted by molar-refractivity contribution is 5.60. The van der Waals surface area contributed by atoms with Gasteiger partial charge in [0.2, 0.25) is 0 Å². The lowest BCUT2D eigenvalue weighted by Gasteiger charge is -2.44. The molecule has 0 saturated carbocycles. The van der Waals surface area contributed by atoms with Crippen LogP contribution in [0.2, 0.25) is 0 Å². The summed E-state index contributed by atoms with van der Waals surface area (Å²) in [6.07, 6.45) is 3.71. The third kappa shape index (κ3) is 9.79. The number of aromatic nitrogens is 6. The average molecular weight is 809 g/mol. The fraction of sp³-hybridized carbons (Fsp3) is 0.440. The van der Waals surface area contributed by atoms with E-state index in [0.717, 1.165) is 44.8 Å². The SMILES string of the molecule is CC1ON(C(C)(C)C)C(C(C)C)c2cccc(c2)-c2cn(nn2)Cc2ccc(cc2)C(C)ON(C(C)(C)C)C(C(C)C)c2cccc(c2)-c2cn(nn2)Cc2ccc1cc2. The highest BCUT2D eigenvalue weighted by Crippen LogP contribution is 2.40. The van der Waals surface area contributed by atoms with E-state index in [1.807, 2.05) is 21.8 Å². The Balaban J connectivity index is 1.27. The van der Waals surface area contributed by atoms with Gasteiger partial charge < -0.3 is 0 Å². The summed E-state index contributed by atoms with van der Waals surface area (Å²) in [4.78, 5) is 13.9. The first-order chi connectivity index (χ1) is 28.4. The van der Waals surface area contributed by atoms with Gasteiger partial charge in [0.15, 0.2) is 0 Å². The maximum absolute atomic E-state index is 6.96. The minimum Gasteiger partial charge on any atom is -0.290 e. The Labute approximate surface area is 357 Å². The standard InChI is InChI=1S/C50H64N8O2/c1-33(2)47-43-17-13-15-41(27-43)45-31-55(53-51-45)29-38-21-25-40(26-22-38)36(6)60-58(50(10,11)12)48(34(3)4)44-18-14-16-42(28-44)46-32-56(54-52-46)30-37-19-23-39(24-20-37)35(5)59-57(47)49(7,8)9/h13-28,31-36,47-48H,29-30H2,1-12H3. The lowest BCUT2D eigenvalue weighted by molar-refractivity contribution is -0.272. The Bertz CT molecular complexity index is 2170. The maximum atomic E-state index is 6.96. The van der Waals surface area contributed by atoms with Gasteiger partial charge in [-0.05, 0) is 113 Å². The number of benzene rings is 4. The summed E-state index contributed by atoms with van der Waals surface area (Å²) >= 11 is 0. The molecule has 0 saturated heterocycles. The molecule has 4 aliphatic rings. The topological polar surface area (TPSA) is 86.4 Å². The third-order valence-electron chi connectivity index (χ3n) is 11.3. The molecule has 0 radical (unpaired) electrons. The molecule has 0 amide bonds. The number of hydroxylamine groups is 4. The Morgan fingerprint density at radius 2 is 0.883 bits per heavy atom. The zero-order valence-corrected chi connectivity index (χ0v) is 37.7. The van der Waals surface area contributed by atoms with Crippen LogP contribution in [0.15, 0.2) is 109 Å². The monoisotopic (exact) mass is 809 g/mol. The molecule has 316 valence electrons. The summed E-state index contributed by atoms with van der Waals surface area (Å²) < 4.78 is 3.83. The van der Waals surface area contributed by atoms with Gasteiger partial charge in [0.1, 0.15) is 23.6 Å². The zero-order valence-electron chi connectivity index (χ0n) is 37.7. The Kier molecular flexibility index (Phi) is 12.6. The van der Waals surface area contributed by atoms with E-state index in [2.05, 4.69) is 211 Å². The Morgan fingerprint density at radius 1 is 0.517 bits per heavy atom. The van der Waals surface area contributed by atoms with Crippen molar-refractivity contribution in [3.05, 3.63) is 143 Å². The molecule has 4 aliphatic heterocycles. The first-order valence-electron chi connectivity index (χ1n) is 21.6. The second kappa shape index (κ2) is 17.5. The van der Waals surface area contributed by atoms with Crippen LogP contribution in [0.3, 0.4) is 0 Å². The van der Waals surface area contributed by atoms with E-state index in [1.54, 1.807) is 0 Å². The van der Waals surface area contributed by atoms with Crippen molar-refractivity contribution in [2.75, 3.05) is 0 Å². The lowest BCUT2D eigenvalue weighted by atomic mass is 9.91. The average Bonchev–Trinajstić information content (AvgIpc) is 3.87. The summed E-state index contributed by atoms with van der Waals surface area (Å²) in [5.74, 6) is 0.524. The molecule has 4 unspecified atom stereocenters. The van der Waals surface area contributed by atoms with Gasteiger partial charge in [-0.3, -0.25) is 9.68 Å². The van der Waals surface area contributed by atoms with Gasteiger partial charge in [0.05, 0.1) is 37.6 Å². The van der Waals surface area contributed by atoms with Crippen LogP contribution < -0.4 is 0 Å². The van der Waals surface area contributed by atoms with Crippen LogP contribution in [0.4, 0.5) is 0 Å². The van der Waals surface area contributed by atoms with E-state index in [1.165, 1.54) is 11.1 Å². The summed E-state index contributed by atoms with van der Waals surface area (Å²) in [6, 6.07) is 34.6. The Morgan fingerprint density at radius 3 is 1.22 bits per heavy atom. The van der Waals surface area contributed by atoms with Crippen LogP contribution in [-0.4, -0.2) is 51.2 Å². The molecule has 6 heterocycles. The second-order valence-electron chi connectivity index (χ2n) is 19.2. The van der Waals surface area contributed by atoms with E-state index < -0.39 is 0 Å². The van der Waals surface area contributed by atoms with Crippen molar-refractivity contribution < 1.29 is 9.68 Å². The van der Waals surface area contributed by atoms with E-state index in [-0.39, 0.29) is 47.2 Å². The molecule has 10 heteroatoms. The van der Waals surface area contributed by atoms with Gasteiger partial charge in [-0.25, -0.2) is 9.36 Å². The van der Waals surface area contributed by atoms with Gasteiger partial charge in [-0.15, -0.1) is 10.2 Å². The van der Waals surface area contributed by atoms with Gasteiger partial charge in [0, 0.05) is 22.2 Å². The van der Waals surface area contributed by atoms with Crippen molar-refractivity contribution in [3.8, 4) is 22.5 Å². The lowest BCUT2D eigenvalue weighted by Crippen LogP contribution is -2.46. The molecule has 4 atom stereocenters. The summed E-state index contributed by atoms with van der Waals surface area (Å²) in [5.41, 5.74) is 9.98. The smallest absolute Gasteiger partial charge is 0.113 e. The third-order valence-corrected chi connectivity index (χ3v) is 11.3. The van der Waals surface area contributed by atoms with E-state index >= 15 is 0 Å². The normalized spacial score (nSPS) is 20.2. The van der Waals surface area contributed by atoms with Crippen molar-refractivity contribution >= 4 is 0 Å². The summed E-state index contributed by atoms with van der Waals surface area (Å²) in [7, 11) is 0. The van der Waals surface area contributed by atoms with Crippen LogP contribution in [0.1, 0.15) is 141 Å². The molecule has 0 spiro atoms. The first kappa shape index (κ1) is 43.1. The minimum atomic E-state index is -0.285. The molecule has 60 heavy (non-hydrogen) atoms. The first-order valence-corrected chi connectivity index (χ1v) is 21.6. The molecule has 4 aromatic carbocycles. The maximum Gasteiger partial charge on any atom is 0.113 e. The van der Waals surface area contributed by atoms with Crippen LogP contribution >= 0.6 is 0 Å². The molecule has 0 N–H and O–H groups in total. The van der Waals surface area contributed by atoms with Gasteiger partial charge in [-0.1, -0.05) is 123 Å². The minimum absolute atomic E-state index is 0.0131. The van der Waals surface area contributed by atoms with E-state index in [9.17, 15) is 0 Å². The van der Waals surface area contributed by atoms with Crippen LogP contribution in [0.25, 0.3) is 22.5 Å². The fourth-order valence-electron chi connectivity index (χ4n) is 8.27. The van der Waals surface area contributed by atoms with Crippen LogP contribution in [0, 0.1) is 11.8 Å². The van der Waals surface area contributed by atoms with Crippen molar-refractivity contribution in [2.24, 2.45) is 11.8 Å². The Hall–Kier alpha value is -5.00. The number of nitrogens with zero attached hydrogens (tertiary/aromatic N) is 8. The molecular formula is C50H64N8O2. The number of hydrogen-bond donors (Lipinski definition) is 0. The molecular weight excluding hydrogens is 745 g/mol. The number of rotatable bonds is 2. The molecule has 0 aliphatic carbocycles. The molecule has 10 nitrogen and oxygen atoms in total. The predicted molar refractivity (Wildman–Crippen MR) is 239 cm³/mol. The second-order valence-corrected chi connectivity index (χ2v) is 19.2. The van der Waals surface area contributed by atoms with Gasteiger partial charge in [0.25, 0.3) is 0 Å². The predicted octanol–water partition coefficient (Wildman–Crippen LogP) is 11.6. The molecule has 12 bridgehead atoms. The van der Waals surface area contributed by atoms with Gasteiger partial charge in [-0.2, -0.15) is 10.1 Å². The van der Waals surface area contributed by atoms with E-state index in [4.69, 9.17) is 9.68 Å². The fourth-order valence-corrected chi connectivity index (χ4v) is 8.27. The highest BCUT2D eigenvalue weighted by Gasteiger charge is 2.36.